The zero-order valence-corrected chi connectivity index (χ0v) is 16.9. The molecule has 0 radical (unpaired) electrons. The molecule has 2 heterocycles. The van der Waals surface area contributed by atoms with Gasteiger partial charge in [0.25, 0.3) is 0 Å². The Morgan fingerprint density at radius 1 is 1.14 bits per heavy atom. The standard InChI is InChI=1S/C21H20N4O3S/c1-12-3-6-16(7-4-12)25-11-14(9-19(25)27)20(28)24-21-23-17-8-5-15(22-13(2)26)10-18(17)29-21/h3-8,10,14H,9,11H2,1-2H3,(H,22,26)(H,23,24,28). The van der Waals surface area contributed by atoms with Crippen molar-refractivity contribution in [3.63, 3.8) is 0 Å². The van der Waals surface area contributed by atoms with Crippen LogP contribution < -0.4 is 15.5 Å². The molecule has 4 rings (SSSR count). The monoisotopic (exact) mass is 408 g/mol. The Balaban J connectivity index is 1.46. The summed E-state index contributed by atoms with van der Waals surface area (Å²) < 4.78 is 0.857. The van der Waals surface area contributed by atoms with Gasteiger partial charge in [-0.3, -0.25) is 14.4 Å². The number of aromatic nitrogens is 1. The van der Waals surface area contributed by atoms with Gasteiger partial charge < -0.3 is 15.5 Å². The van der Waals surface area contributed by atoms with E-state index >= 15 is 0 Å². The Morgan fingerprint density at radius 3 is 2.62 bits per heavy atom. The molecule has 3 aromatic rings. The second kappa shape index (κ2) is 7.63. The molecule has 1 saturated heterocycles. The van der Waals surface area contributed by atoms with Crippen LogP contribution in [0.5, 0.6) is 0 Å². The molecule has 0 aliphatic carbocycles. The predicted octanol–water partition coefficient (Wildman–Crippen LogP) is 3.55. The summed E-state index contributed by atoms with van der Waals surface area (Å²) in [4.78, 5) is 42.4. The fraction of sp³-hybridized carbons (Fsp3) is 0.238. The maximum Gasteiger partial charge on any atom is 0.231 e. The first-order valence-electron chi connectivity index (χ1n) is 9.25. The molecule has 3 amide bonds. The third-order valence-corrected chi connectivity index (χ3v) is 5.71. The number of carbonyl (C=O) groups excluding carboxylic acids is 3. The Hall–Kier alpha value is -3.26. The zero-order chi connectivity index (χ0) is 20.5. The number of rotatable bonds is 4. The lowest BCUT2D eigenvalue weighted by molar-refractivity contribution is -0.122. The van der Waals surface area contributed by atoms with Gasteiger partial charge >= 0.3 is 0 Å². The summed E-state index contributed by atoms with van der Waals surface area (Å²) in [5.41, 5.74) is 3.35. The maximum absolute atomic E-state index is 12.7. The number of nitrogens with one attached hydrogen (secondary N) is 2. The summed E-state index contributed by atoms with van der Waals surface area (Å²) in [6, 6.07) is 13.1. The van der Waals surface area contributed by atoms with Crippen LogP contribution in [0.2, 0.25) is 0 Å². The Kier molecular flexibility index (Phi) is 5.02. The van der Waals surface area contributed by atoms with Gasteiger partial charge in [-0.25, -0.2) is 4.98 Å². The summed E-state index contributed by atoms with van der Waals surface area (Å²) in [5.74, 6) is -0.843. The van der Waals surface area contributed by atoms with Crippen LogP contribution in [0, 0.1) is 12.8 Å². The molecule has 148 valence electrons. The summed E-state index contributed by atoms with van der Waals surface area (Å²) in [7, 11) is 0. The first-order chi connectivity index (χ1) is 13.9. The molecule has 2 N–H and O–H groups in total. The highest BCUT2D eigenvalue weighted by molar-refractivity contribution is 7.22. The summed E-state index contributed by atoms with van der Waals surface area (Å²) in [5, 5.41) is 6.05. The van der Waals surface area contributed by atoms with E-state index < -0.39 is 5.92 Å². The highest BCUT2D eigenvalue weighted by Crippen LogP contribution is 2.30. The lowest BCUT2D eigenvalue weighted by atomic mass is 10.1. The number of hydrogen-bond donors (Lipinski definition) is 2. The van der Waals surface area contributed by atoms with Crippen molar-refractivity contribution < 1.29 is 14.4 Å². The molecule has 8 heteroatoms. The minimum atomic E-state index is -0.425. The van der Waals surface area contributed by atoms with Gasteiger partial charge in [-0.1, -0.05) is 29.0 Å². The van der Waals surface area contributed by atoms with Crippen molar-refractivity contribution in [3.8, 4) is 0 Å². The van der Waals surface area contributed by atoms with Crippen LogP contribution in [0.4, 0.5) is 16.5 Å². The lowest BCUT2D eigenvalue weighted by Crippen LogP contribution is -2.28. The van der Waals surface area contributed by atoms with E-state index in [9.17, 15) is 14.4 Å². The van der Waals surface area contributed by atoms with Crippen molar-refractivity contribution in [3.05, 3.63) is 48.0 Å². The molecule has 29 heavy (non-hydrogen) atoms. The third-order valence-electron chi connectivity index (χ3n) is 4.78. The number of thiazole rings is 1. The molecule has 0 bridgehead atoms. The van der Waals surface area contributed by atoms with Crippen LogP contribution >= 0.6 is 11.3 Å². The van der Waals surface area contributed by atoms with E-state index in [4.69, 9.17) is 0 Å². The first kappa shape index (κ1) is 19.1. The van der Waals surface area contributed by atoms with Gasteiger partial charge in [-0.05, 0) is 37.3 Å². The first-order valence-corrected chi connectivity index (χ1v) is 10.1. The summed E-state index contributed by atoms with van der Waals surface area (Å²) >= 11 is 1.33. The van der Waals surface area contributed by atoms with Crippen molar-refractivity contribution in [1.82, 2.24) is 4.98 Å². The summed E-state index contributed by atoms with van der Waals surface area (Å²) in [6.07, 6.45) is 0.178. The van der Waals surface area contributed by atoms with E-state index in [0.717, 1.165) is 21.5 Å². The van der Waals surface area contributed by atoms with Crippen LogP contribution in [0.25, 0.3) is 10.2 Å². The van der Waals surface area contributed by atoms with E-state index in [2.05, 4.69) is 15.6 Å². The van der Waals surface area contributed by atoms with Gasteiger partial charge in [-0.15, -0.1) is 0 Å². The highest BCUT2D eigenvalue weighted by atomic mass is 32.1. The normalized spacial score (nSPS) is 16.3. The number of fused-ring (bicyclic) bond motifs is 1. The van der Waals surface area contributed by atoms with Gasteiger partial charge in [0.2, 0.25) is 17.7 Å². The number of aryl methyl sites for hydroxylation is 1. The van der Waals surface area contributed by atoms with Crippen molar-refractivity contribution >= 4 is 55.8 Å². The minimum Gasteiger partial charge on any atom is -0.326 e. The van der Waals surface area contributed by atoms with E-state index in [1.807, 2.05) is 37.3 Å². The number of hydrogen-bond acceptors (Lipinski definition) is 5. The largest absolute Gasteiger partial charge is 0.326 e. The third kappa shape index (κ3) is 4.12. The number of anilines is 3. The molecule has 1 aromatic heterocycles. The van der Waals surface area contributed by atoms with Gasteiger partial charge in [0, 0.05) is 31.3 Å². The molecular formula is C21H20N4O3S. The minimum absolute atomic E-state index is 0.0572. The van der Waals surface area contributed by atoms with E-state index in [1.165, 1.54) is 18.3 Å². The number of amides is 3. The summed E-state index contributed by atoms with van der Waals surface area (Å²) in [6.45, 7) is 3.79. The van der Waals surface area contributed by atoms with E-state index in [-0.39, 0.29) is 24.1 Å². The molecule has 7 nitrogen and oxygen atoms in total. The molecular weight excluding hydrogens is 388 g/mol. The predicted molar refractivity (Wildman–Crippen MR) is 114 cm³/mol. The molecule has 0 spiro atoms. The van der Waals surface area contributed by atoms with Gasteiger partial charge in [-0.2, -0.15) is 0 Å². The Labute approximate surface area is 171 Å². The Morgan fingerprint density at radius 2 is 1.90 bits per heavy atom. The van der Waals surface area contributed by atoms with Crippen molar-refractivity contribution in [1.29, 1.82) is 0 Å². The SMILES string of the molecule is CC(=O)Nc1ccc2nc(NC(=O)C3CC(=O)N(c4ccc(C)cc4)C3)sc2c1. The fourth-order valence-electron chi connectivity index (χ4n) is 3.32. The van der Waals surface area contributed by atoms with Gasteiger partial charge in [0.15, 0.2) is 5.13 Å². The molecule has 1 atom stereocenters. The topological polar surface area (TPSA) is 91.4 Å². The number of carbonyl (C=O) groups is 3. The average molecular weight is 408 g/mol. The zero-order valence-electron chi connectivity index (χ0n) is 16.1. The molecule has 2 aromatic carbocycles. The van der Waals surface area contributed by atoms with Gasteiger partial charge in [0.05, 0.1) is 16.1 Å². The van der Waals surface area contributed by atoms with Crippen LogP contribution in [0.15, 0.2) is 42.5 Å². The van der Waals surface area contributed by atoms with Crippen LogP contribution in [-0.2, 0) is 14.4 Å². The highest BCUT2D eigenvalue weighted by Gasteiger charge is 2.35. The molecule has 1 aliphatic rings. The fourth-order valence-corrected chi connectivity index (χ4v) is 4.23. The van der Waals surface area contributed by atoms with E-state index in [1.54, 1.807) is 17.0 Å². The smallest absolute Gasteiger partial charge is 0.231 e. The quantitative estimate of drug-likeness (QED) is 0.691. The number of benzene rings is 2. The number of nitrogens with zero attached hydrogens (tertiary/aromatic N) is 2. The van der Waals surface area contributed by atoms with Crippen molar-refractivity contribution in [2.45, 2.75) is 20.3 Å². The second-order valence-corrected chi connectivity index (χ2v) is 8.14. The lowest BCUT2D eigenvalue weighted by Gasteiger charge is -2.16. The molecule has 0 saturated carbocycles. The maximum atomic E-state index is 12.7. The van der Waals surface area contributed by atoms with Crippen LogP contribution in [0.1, 0.15) is 18.9 Å². The molecule has 1 fully saturated rings. The second-order valence-electron chi connectivity index (χ2n) is 7.11. The van der Waals surface area contributed by atoms with Crippen molar-refractivity contribution in [2.24, 2.45) is 5.92 Å². The molecule has 1 aliphatic heterocycles. The molecule has 1 unspecified atom stereocenters. The average Bonchev–Trinajstić information content (AvgIpc) is 3.24. The van der Waals surface area contributed by atoms with E-state index in [0.29, 0.717) is 17.4 Å². The van der Waals surface area contributed by atoms with Crippen molar-refractivity contribution in [2.75, 3.05) is 22.1 Å². The van der Waals surface area contributed by atoms with Crippen LogP contribution in [-0.4, -0.2) is 29.3 Å². The Bertz CT molecular complexity index is 1110. The van der Waals surface area contributed by atoms with Gasteiger partial charge in [0.1, 0.15) is 0 Å². The van der Waals surface area contributed by atoms with Crippen LogP contribution in [0.3, 0.4) is 0 Å².